The van der Waals surface area contributed by atoms with Gasteiger partial charge >= 0.3 is 5.97 Å². The van der Waals surface area contributed by atoms with E-state index in [0.717, 1.165) is 0 Å². The van der Waals surface area contributed by atoms with Gasteiger partial charge in [-0.15, -0.1) is 0 Å². The molecule has 22 heavy (non-hydrogen) atoms. The van der Waals surface area contributed by atoms with Crippen LogP contribution in [0.1, 0.15) is 16.1 Å². The molecule has 0 fully saturated rings. The number of benzene rings is 1. The Bertz CT molecular complexity index is 720. The lowest BCUT2D eigenvalue weighted by atomic mass is 10.2. The van der Waals surface area contributed by atoms with E-state index in [0.29, 0.717) is 5.56 Å². The Morgan fingerprint density at radius 2 is 2.00 bits per heavy atom. The Hall–Kier alpha value is -2.96. The molecule has 0 spiro atoms. The highest BCUT2D eigenvalue weighted by atomic mass is 19.1. The fraction of sp³-hybridized carbons (Fsp3) is 0.133. The van der Waals surface area contributed by atoms with Crippen LogP contribution in [0.4, 0.5) is 10.1 Å². The van der Waals surface area contributed by atoms with Crippen molar-refractivity contribution in [2.45, 2.75) is 0 Å². The Labute approximate surface area is 126 Å². The van der Waals surface area contributed by atoms with Crippen molar-refractivity contribution >= 4 is 23.6 Å². The van der Waals surface area contributed by atoms with Crippen LogP contribution in [0.5, 0.6) is 0 Å². The van der Waals surface area contributed by atoms with Gasteiger partial charge in [-0.05, 0) is 23.8 Å². The lowest BCUT2D eigenvalue weighted by Gasteiger charge is -2.04. The Balaban J connectivity index is 2.09. The molecule has 6 nitrogen and oxygen atoms in total. The Morgan fingerprint density at radius 1 is 1.32 bits per heavy atom. The molecule has 0 aliphatic heterocycles. The smallest absolute Gasteiger partial charge is 0.358 e. The number of aromatic nitrogens is 2. The summed E-state index contributed by atoms with van der Waals surface area (Å²) in [6, 6.07) is 5.69. The van der Waals surface area contributed by atoms with Gasteiger partial charge in [0, 0.05) is 13.1 Å². The summed E-state index contributed by atoms with van der Waals surface area (Å²) in [6.45, 7) is 0. The van der Waals surface area contributed by atoms with Gasteiger partial charge in [-0.1, -0.05) is 12.1 Å². The first-order valence-electron chi connectivity index (χ1n) is 6.36. The summed E-state index contributed by atoms with van der Waals surface area (Å²) in [4.78, 5) is 23.5. The maximum absolute atomic E-state index is 12.8. The van der Waals surface area contributed by atoms with Crippen LogP contribution in [0.25, 0.3) is 6.08 Å². The molecule has 1 N–H and O–H groups in total. The van der Waals surface area contributed by atoms with Crippen molar-refractivity contribution in [1.29, 1.82) is 0 Å². The number of halogens is 1. The predicted octanol–water partition coefficient (Wildman–Crippen LogP) is 2.00. The minimum Gasteiger partial charge on any atom is -0.464 e. The van der Waals surface area contributed by atoms with Gasteiger partial charge in [0.1, 0.15) is 5.82 Å². The van der Waals surface area contributed by atoms with E-state index in [9.17, 15) is 14.0 Å². The second-order valence-corrected chi connectivity index (χ2v) is 4.40. The molecule has 1 aromatic carbocycles. The van der Waals surface area contributed by atoms with E-state index in [2.05, 4.69) is 15.2 Å². The van der Waals surface area contributed by atoms with Crippen LogP contribution < -0.4 is 5.32 Å². The second-order valence-electron chi connectivity index (χ2n) is 4.40. The fourth-order valence-electron chi connectivity index (χ4n) is 1.79. The predicted molar refractivity (Wildman–Crippen MR) is 78.6 cm³/mol. The van der Waals surface area contributed by atoms with Crippen LogP contribution in [0.3, 0.4) is 0 Å². The molecule has 1 heterocycles. The van der Waals surface area contributed by atoms with Crippen molar-refractivity contribution in [3.05, 3.63) is 53.6 Å². The van der Waals surface area contributed by atoms with E-state index in [-0.39, 0.29) is 17.2 Å². The lowest BCUT2D eigenvalue weighted by molar-refractivity contribution is -0.111. The first kappa shape index (κ1) is 15.4. The van der Waals surface area contributed by atoms with Gasteiger partial charge in [-0.3, -0.25) is 9.48 Å². The molecule has 0 radical (unpaired) electrons. The minimum absolute atomic E-state index is 0.144. The number of esters is 1. The third-order valence-corrected chi connectivity index (χ3v) is 2.87. The molecule has 0 saturated carbocycles. The number of hydrogen-bond acceptors (Lipinski definition) is 4. The number of ether oxygens (including phenoxy) is 1. The maximum Gasteiger partial charge on any atom is 0.358 e. The average molecular weight is 303 g/mol. The minimum atomic E-state index is -0.599. The number of hydrogen-bond donors (Lipinski definition) is 1. The highest BCUT2D eigenvalue weighted by molar-refractivity contribution is 6.05. The molecule has 2 aromatic rings. The molecule has 1 amide bonds. The van der Waals surface area contributed by atoms with Crippen molar-refractivity contribution < 1.29 is 18.7 Å². The lowest BCUT2D eigenvalue weighted by Crippen LogP contribution is -2.14. The van der Waals surface area contributed by atoms with E-state index in [1.54, 1.807) is 19.2 Å². The number of rotatable bonds is 4. The molecule has 0 aliphatic rings. The molecule has 0 bridgehead atoms. The molecular formula is C15H14FN3O3. The summed E-state index contributed by atoms with van der Waals surface area (Å²) in [6.07, 6.45) is 4.17. The maximum atomic E-state index is 12.8. The highest BCUT2D eigenvalue weighted by Gasteiger charge is 2.18. The van der Waals surface area contributed by atoms with E-state index < -0.39 is 11.9 Å². The number of carbonyl (C=O) groups is 2. The van der Waals surface area contributed by atoms with E-state index in [1.165, 1.54) is 42.3 Å². The van der Waals surface area contributed by atoms with Gasteiger partial charge in [0.25, 0.3) is 0 Å². The molecule has 7 heteroatoms. The van der Waals surface area contributed by atoms with Crippen LogP contribution in [-0.2, 0) is 16.6 Å². The zero-order chi connectivity index (χ0) is 16.1. The van der Waals surface area contributed by atoms with E-state index in [1.807, 2.05) is 0 Å². The monoisotopic (exact) mass is 303 g/mol. The zero-order valence-corrected chi connectivity index (χ0v) is 12.0. The quantitative estimate of drug-likeness (QED) is 0.692. The number of nitrogens with one attached hydrogen (secondary N) is 1. The van der Waals surface area contributed by atoms with Crippen molar-refractivity contribution in [1.82, 2.24) is 9.78 Å². The third-order valence-electron chi connectivity index (χ3n) is 2.87. The van der Waals surface area contributed by atoms with Gasteiger partial charge in [0.05, 0.1) is 19.0 Å². The SMILES string of the molecule is COC(=O)c1c(NC(=O)/C=C/c2ccc(F)cc2)cnn1C. The van der Waals surface area contributed by atoms with E-state index in [4.69, 9.17) is 0 Å². The van der Waals surface area contributed by atoms with Gasteiger partial charge in [-0.25, -0.2) is 9.18 Å². The zero-order valence-electron chi connectivity index (χ0n) is 12.0. The topological polar surface area (TPSA) is 73.2 Å². The van der Waals surface area contributed by atoms with Crippen molar-refractivity contribution in [3.63, 3.8) is 0 Å². The Morgan fingerprint density at radius 3 is 2.64 bits per heavy atom. The number of aryl methyl sites for hydroxylation is 1. The van der Waals surface area contributed by atoms with Crippen molar-refractivity contribution in [2.24, 2.45) is 7.05 Å². The highest BCUT2D eigenvalue weighted by Crippen LogP contribution is 2.15. The number of methoxy groups -OCH3 is 1. The number of amides is 1. The normalized spacial score (nSPS) is 10.7. The molecule has 2 rings (SSSR count). The fourth-order valence-corrected chi connectivity index (χ4v) is 1.79. The van der Waals surface area contributed by atoms with Crippen LogP contribution in [-0.4, -0.2) is 28.8 Å². The Kier molecular flexibility index (Phi) is 4.67. The third kappa shape index (κ3) is 3.57. The largest absolute Gasteiger partial charge is 0.464 e. The molecule has 114 valence electrons. The number of nitrogens with zero attached hydrogens (tertiary/aromatic N) is 2. The van der Waals surface area contributed by atoms with Crippen molar-refractivity contribution in [2.75, 3.05) is 12.4 Å². The summed E-state index contributed by atoms with van der Waals surface area (Å²) in [5, 5.41) is 6.45. The second kappa shape index (κ2) is 6.66. The van der Waals surface area contributed by atoms with Gasteiger partial charge in [0.2, 0.25) is 5.91 Å². The van der Waals surface area contributed by atoms with Gasteiger partial charge in [-0.2, -0.15) is 5.10 Å². The molecule has 0 saturated heterocycles. The van der Waals surface area contributed by atoms with Crippen LogP contribution in [0.2, 0.25) is 0 Å². The molecule has 0 atom stereocenters. The first-order chi connectivity index (χ1) is 10.5. The summed E-state index contributed by atoms with van der Waals surface area (Å²) in [5.74, 6) is -1.39. The molecule has 0 aliphatic carbocycles. The van der Waals surface area contributed by atoms with Gasteiger partial charge < -0.3 is 10.1 Å². The van der Waals surface area contributed by atoms with E-state index >= 15 is 0 Å². The number of carbonyl (C=O) groups excluding carboxylic acids is 2. The van der Waals surface area contributed by atoms with Crippen LogP contribution >= 0.6 is 0 Å². The average Bonchev–Trinajstić information content (AvgIpc) is 2.86. The summed E-state index contributed by atoms with van der Waals surface area (Å²) >= 11 is 0. The molecular weight excluding hydrogens is 289 g/mol. The molecule has 1 aromatic heterocycles. The molecule has 0 unspecified atom stereocenters. The van der Waals surface area contributed by atoms with Crippen LogP contribution in [0, 0.1) is 5.82 Å². The standard InChI is InChI=1S/C15H14FN3O3/c1-19-14(15(21)22-2)12(9-17-19)18-13(20)8-5-10-3-6-11(16)7-4-10/h3-9H,1-2H3,(H,18,20)/b8-5+. The number of anilines is 1. The summed E-state index contributed by atoms with van der Waals surface area (Å²) < 4.78 is 18.7. The van der Waals surface area contributed by atoms with Crippen LogP contribution in [0.15, 0.2) is 36.5 Å². The first-order valence-corrected chi connectivity index (χ1v) is 6.36. The summed E-state index contributed by atoms with van der Waals surface area (Å²) in [7, 11) is 2.81. The van der Waals surface area contributed by atoms with Gasteiger partial charge in [0.15, 0.2) is 5.69 Å². The van der Waals surface area contributed by atoms with Crippen molar-refractivity contribution in [3.8, 4) is 0 Å². The summed E-state index contributed by atoms with van der Waals surface area (Å²) in [5.41, 5.74) is 1.07.